The van der Waals surface area contributed by atoms with Gasteiger partial charge in [0.05, 0.1) is 5.69 Å². The van der Waals surface area contributed by atoms with Crippen LogP contribution in [0.15, 0.2) is 188 Å². The first-order chi connectivity index (χ1) is 23.8. The molecule has 0 saturated heterocycles. The largest absolute Gasteiger partial charge is 3.00 e. The number of hydrogen-bond acceptors (Lipinski definition) is 3. The topological polar surface area (TPSA) is 38.7 Å². The van der Waals surface area contributed by atoms with E-state index >= 15 is 0 Å². The van der Waals surface area contributed by atoms with Gasteiger partial charge in [0.25, 0.3) is 0 Å². The summed E-state index contributed by atoms with van der Waals surface area (Å²) < 4.78 is 0. The molecule has 0 aliphatic heterocycles. The monoisotopic (exact) mass is 806 g/mol. The molecule has 0 saturated carbocycles. The molecular formula is C45H31IrN3-5. The average Bonchev–Trinajstić information content (AvgIpc) is 3.19. The van der Waals surface area contributed by atoms with E-state index in [9.17, 15) is 0 Å². The summed E-state index contributed by atoms with van der Waals surface area (Å²) in [5, 5.41) is 7.21. The molecule has 0 unspecified atom stereocenters. The summed E-state index contributed by atoms with van der Waals surface area (Å²) in [6.45, 7) is 0. The normalized spacial score (nSPS) is 10.3. The Morgan fingerprint density at radius 1 is 0.327 bits per heavy atom. The van der Waals surface area contributed by atoms with Crippen molar-refractivity contribution in [3.05, 3.63) is 201 Å². The van der Waals surface area contributed by atoms with Crippen LogP contribution in [0.5, 0.6) is 0 Å². The molecule has 0 spiro atoms. The second-order valence-corrected chi connectivity index (χ2v) is 11.1. The second-order valence-electron chi connectivity index (χ2n) is 11.1. The Morgan fingerprint density at radius 2 is 0.694 bits per heavy atom. The van der Waals surface area contributed by atoms with Crippen LogP contribution in [0.2, 0.25) is 0 Å². The predicted octanol–water partition coefficient (Wildman–Crippen LogP) is 11.3. The molecule has 9 aromatic rings. The van der Waals surface area contributed by atoms with Crippen LogP contribution >= 0.6 is 0 Å². The van der Waals surface area contributed by atoms with E-state index in [1.54, 1.807) is 0 Å². The van der Waals surface area contributed by atoms with Gasteiger partial charge in [-0.3, -0.25) is 4.98 Å². The van der Waals surface area contributed by atoms with Gasteiger partial charge in [-0.2, -0.15) is 0 Å². The fourth-order valence-electron chi connectivity index (χ4n) is 5.70. The zero-order chi connectivity index (χ0) is 32.4. The number of fused-ring (bicyclic) bond motifs is 3. The summed E-state index contributed by atoms with van der Waals surface area (Å²) in [5.41, 5.74) is 6.30. The number of benzene rings is 6. The van der Waals surface area contributed by atoms with E-state index in [2.05, 4.69) is 87.7 Å². The van der Waals surface area contributed by atoms with Crippen molar-refractivity contribution in [3.63, 3.8) is 0 Å². The van der Waals surface area contributed by atoms with Gasteiger partial charge >= 0.3 is 0 Å². The molecule has 0 N–H and O–H groups in total. The zero-order valence-corrected chi connectivity index (χ0v) is 29.0. The minimum absolute atomic E-state index is 0. The molecular weight excluding hydrogens is 775 g/mol. The van der Waals surface area contributed by atoms with Crippen LogP contribution < -0.4 is 0 Å². The fraction of sp³-hybridized carbons (Fsp3) is 0. The maximum atomic E-state index is 4.48. The third-order valence-corrected chi connectivity index (χ3v) is 8.00. The first-order valence-electron chi connectivity index (χ1n) is 15.9. The Labute approximate surface area is 300 Å². The molecule has 0 amide bonds. The smallest absolute Gasteiger partial charge is 0.0780 e. The Kier molecular flexibility index (Phi) is 11.0. The molecule has 0 fully saturated rings. The van der Waals surface area contributed by atoms with Gasteiger partial charge in [-0.1, -0.05) is 103 Å². The molecule has 3 nitrogen and oxygen atoms in total. The Morgan fingerprint density at radius 3 is 1.12 bits per heavy atom. The van der Waals surface area contributed by atoms with Crippen molar-refractivity contribution in [2.45, 2.75) is 0 Å². The Balaban J connectivity index is 0.000000126. The first kappa shape index (κ1) is 33.1. The fourth-order valence-corrected chi connectivity index (χ4v) is 5.70. The van der Waals surface area contributed by atoms with Crippen molar-refractivity contribution in [1.29, 1.82) is 0 Å². The number of rotatable bonds is 3. The van der Waals surface area contributed by atoms with E-state index in [0.29, 0.717) is 0 Å². The van der Waals surface area contributed by atoms with Gasteiger partial charge in [-0.15, -0.1) is 71.8 Å². The van der Waals surface area contributed by atoms with Crippen LogP contribution in [0.4, 0.5) is 0 Å². The SMILES string of the molecule is [Ir-3].[c-]1ccccc1-c1nccc2ccccc12.[c-]1ccccc1-c1nccc2ccccc12.c1ccc(-c2nccc3ccccc23)cc1. The quantitative estimate of drug-likeness (QED) is 0.167. The molecule has 4 heteroatoms. The molecule has 0 aliphatic rings. The van der Waals surface area contributed by atoms with Crippen molar-refractivity contribution in [2.75, 3.05) is 0 Å². The first-order valence-corrected chi connectivity index (χ1v) is 15.9. The minimum atomic E-state index is 0. The van der Waals surface area contributed by atoms with Crippen LogP contribution in [0.3, 0.4) is 0 Å². The maximum absolute atomic E-state index is 4.48. The molecule has 0 radical (unpaired) electrons. The summed E-state index contributed by atoms with van der Waals surface area (Å²) >= 11 is 0. The van der Waals surface area contributed by atoms with Crippen molar-refractivity contribution in [2.24, 2.45) is 0 Å². The van der Waals surface area contributed by atoms with Crippen LogP contribution in [0.1, 0.15) is 0 Å². The third-order valence-electron chi connectivity index (χ3n) is 8.00. The van der Waals surface area contributed by atoms with Crippen LogP contribution in [0.25, 0.3) is 66.1 Å². The Bertz CT molecular complexity index is 2110. The summed E-state index contributed by atoms with van der Waals surface area (Å²) in [6.07, 6.45) is 5.56. The molecule has 0 atom stereocenters. The second kappa shape index (κ2) is 16.3. The number of aromatic nitrogens is 3. The van der Waals surface area contributed by atoms with Crippen molar-refractivity contribution in [1.82, 2.24) is 15.0 Å². The van der Waals surface area contributed by atoms with E-state index in [0.717, 1.165) is 28.2 Å². The van der Waals surface area contributed by atoms with Crippen molar-refractivity contribution in [3.8, 4) is 33.8 Å². The van der Waals surface area contributed by atoms with Gasteiger partial charge in [0, 0.05) is 29.5 Å². The minimum Gasteiger partial charge on any atom is -3.00 e. The van der Waals surface area contributed by atoms with Crippen LogP contribution in [-0.4, -0.2) is 15.0 Å². The summed E-state index contributed by atoms with van der Waals surface area (Å²) in [6, 6.07) is 63.6. The van der Waals surface area contributed by atoms with Crippen molar-refractivity contribution >= 4 is 32.3 Å². The number of nitrogens with zero attached hydrogens (tertiary/aromatic N) is 3. The average molecular weight is 806 g/mol. The van der Waals surface area contributed by atoms with Gasteiger partial charge in [-0.05, 0) is 56.5 Å². The van der Waals surface area contributed by atoms with Crippen molar-refractivity contribution < 1.29 is 20.1 Å². The summed E-state index contributed by atoms with van der Waals surface area (Å²) in [7, 11) is 0. The third kappa shape index (κ3) is 7.85. The van der Waals surface area contributed by atoms with E-state index in [1.165, 1.54) is 37.9 Å². The molecule has 6 aromatic carbocycles. The molecule has 9 rings (SSSR count). The van der Waals surface area contributed by atoms with E-state index in [4.69, 9.17) is 0 Å². The summed E-state index contributed by atoms with van der Waals surface area (Å²) in [4.78, 5) is 13.4. The standard InChI is InChI=1S/C15H11N.2C15H10N.Ir/c3*1-2-7-13(8-3-1)15-14-9-5-4-6-12(14)10-11-16-15;/h1-11H;2*1-7,9-11H;/q;2*-1;-3. The molecule has 49 heavy (non-hydrogen) atoms. The van der Waals surface area contributed by atoms with Gasteiger partial charge in [0.15, 0.2) is 0 Å². The summed E-state index contributed by atoms with van der Waals surface area (Å²) in [5.74, 6) is 0. The Hall–Kier alpha value is -5.80. The van der Waals surface area contributed by atoms with E-state index in [-0.39, 0.29) is 20.1 Å². The molecule has 240 valence electrons. The number of pyridine rings is 3. The van der Waals surface area contributed by atoms with Gasteiger partial charge < -0.3 is 30.1 Å². The molecule has 3 aromatic heterocycles. The molecule has 3 heterocycles. The van der Waals surface area contributed by atoms with E-state index in [1.807, 2.05) is 128 Å². The molecule has 0 aliphatic carbocycles. The van der Waals surface area contributed by atoms with Gasteiger partial charge in [0.1, 0.15) is 0 Å². The number of hydrogen-bond donors (Lipinski definition) is 0. The van der Waals surface area contributed by atoms with Crippen LogP contribution in [-0.2, 0) is 20.1 Å². The maximum Gasteiger partial charge on any atom is 0.0780 e. The van der Waals surface area contributed by atoms with Gasteiger partial charge in [0.2, 0.25) is 0 Å². The molecule has 0 bridgehead atoms. The predicted molar refractivity (Wildman–Crippen MR) is 199 cm³/mol. The zero-order valence-electron chi connectivity index (χ0n) is 26.6. The van der Waals surface area contributed by atoms with Gasteiger partial charge in [-0.25, -0.2) is 0 Å². The van der Waals surface area contributed by atoms with E-state index < -0.39 is 0 Å². The van der Waals surface area contributed by atoms with Crippen LogP contribution in [0, 0.1) is 12.1 Å².